The maximum absolute atomic E-state index is 5.85. The maximum atomic E-state index is 5.85. The van der Waals surface area contributed by atoms with Crippen molar-refractivity contribution in [2.75, 3.05) is 5.32 Å². The first-order valence-electron chi connectivity index (χ1n) is 6.68. The Kier molecular flexibility index (Phi) is 4.96. The lowest BCUT2D eigenvalue weighted by atomic mass is 10.1. The number of benzene rings is 1. The van der Waals surface area contributed by atoms with Crippen molar-refractivity contribution in [2.24, 2.45) is 5.73 Å². The van der Waals surface area contributed by atoms with E-state index >= 15 is 0 Å². The second-order valence-electron chi connectivity index (χ2n) is 5.09. The fourth-order valence-electron chi connectivity index (χ4n) is 2.32. The molecule has 0 aliphatic heterocycles. The van der Waals surface area contributed by atoms with Gasteiger partial charge in [-0.3, -0.25) is 0 Å². The summed E-state index contributed by atoms with van der Waals surface area (Å²) in [7, 11) is 0. The Labute approximate surface area is 139 Å². The van der Waals surface area contributed by atoms with E-state index in [1.807, 2.05) is 32.0 Å². The van der Waals surface area contributed by atoms with Crippen LogP contribution in [0.3, 0.4) is 0 Å². The van der Waals surface area contributed by atoms with Gasteiger partial charge in [0.15, 0.2) is 0 Å². The Morgan fingerprint density at radius 1 is 1.33 bits per heavy atom. The predicted molar refractivity (Wildman–Crippen MR) is 95.8 cm³/mol. The third-order valence-corrected chi connectivity index (χ3v) is 3.99. The summed E-state index contributed by atoms with van der Waals surface area (Å²) < 4.78 is 1.05. The molecule has 1 unspecified atom stereocenters. The molecule has 2 aromatic rings. The quantitative estimate of drug-likeness (QED) is 0.796. The molecule has 3 N–H and O–H groups in total. The summed E-state index contributed by atoms with van der Waals surface area (Å²) in [5, 5.41) is 3.42. The van der Waals surface area contributed by atoms with Crippen LogP contribution in [0, 0.1) is 13.8 Å². The number of thiocarbonyl (C=S) groups is 1. The molecular weight excluding hydrogens is 346 g/mol. The van der Waals surface area contributed by atoms with E-state index in [-0.39, 0.29) is 6.04 Å². The summed E-state index contributed by atoms with van der Waals surface area (Å²) in [5.41, 5.74) is 9.81. The standard InChI is InChI=1S/C16H18BrN3S/c1-9-7-10(2)19-16(14(9)15(18)21)20-11(3)12-5-4-6-13(17)8-12/h4-8,11H,1-3H3,(H2,18,21)(H,19,20). The zero-order valence-corrected chi connectivity index (χ0v) is 14.7. The number of nitrogens with two attached hydrogens (primary N) is 1. The van der Waals surface area contributed by atoms with Gasteiger partial charge in [0.2, 0.25) is 0 Å². The van der Waals surface area contributed by atoms with E-state index in [0.29, 0.717) is 4.99 Å². The van der Waals surface area contributed by atoms with Gasteiger partial charge in [-0.1, -0.05) is 40.3 Å². The van der Waals surface area contributed by atoms with Crippen molar-refractivity contribution in [1.29, 1.82) is 0 Å². The first kappa shape index (κ1) is 15.9. The Balaban J connectivity index is 2.37. The molecule has 21 heavy (non-hydrogen) atoms. The second kappa shape index (κ2) is 6.54. The van der Waals surface area contributed by atoms with Crippen molar-refractivity contribution in [3.63, 3.8) is 0 Å². The van der Waals surface area contributed by atoms with Crippen molar-refractivity contribution in [3.05, 3.63) is 57.2 Å². The molecule has 0 bridgehead atoms. The number of nitrogens with zero attached hydrogens (tertiary/aromatic N) is 1. The number of hydrogen-bond donors (Lipinski definition) is 2. The van der Waals surface area contributed by atoms with Crippen LogP contribution in [0.25, 0.3) is 0 Å². The zero-order valence-electron chi connectivity index (χ0n) is 12.3. The van der Waals surface area contributed by atoms with Crippen molar-refractivity contribution >= 4 is 39.0 Å². The van der Waals surface area contributed by atoms with E-state index in [2.05, 4.69) is 45.3 Å². The zero-order chi connectivity index (χ0) is 15.6. The Bertz CT molecular complexity index is 685. The fourth-order valence-corrected chi connectivity index (χ4v) is 2.99. The van der Waals surface area contributed by atoms with Crippen LogP contribution in [0.15, 0.2) is 34.8 Å². The molecule has 0 spiro atoms. The van der Waals surface area contributed by atoms with Crippen LogP contribution < -0.4 is 11.1 Å². The second-order valence-corrected chi connectivity index (χ2v) is 6.44. The summed E-state index contributed by atoms with van der Waals surface area (Å²) in [4.78, 5) is 4.92. The molecule has 1 aromatic heterocycles. The highest BCUT2D eigenvalue weighted by atomic mass is 79.9. The highest BCUT2D eigenvalue weighted by Crippen LogP contribution is 2.25. The van der Waals surface area contributed by atoms with E-state index in [0.717, 1.165) is 27.1 Å². The first-order chi connectivity index (χ1) is 9.88. The van der Waals surface area contributed by atoms with Crippen LogP contribution in [0.2, 0.25) is 0 Å². The van der Waals surface area contributed by atoms with E-state index in [9.17, 15) is 0 Å². The molecule has 0 aliphatic rings. The van der Waals surface area contributed by atoms with Crippen molar-refractivity contribution in [1.82, 2.24) is 4.98 Å². The Morgan fingerprint density at radius 3 is 2.67 bits per heavy atom. The van der Waals surface area contributed by atoms with Gasteiger partial charge in [0.05, 0.1) is 11.6 Å². The SMILES string of the molecule is Cc1cc(C)c(C(N)=S)c(NC(C)c2cccc(Br)c2)n1. The Hall–Kier alpha value is -1.46. The summed E-state index contributed by atoms with van der Waals surface area (Å²) in [6.45, 7) is 6.05. The van der Waals surface area contributed by atoms with E-state index in [4.69, 9.17) is 18.0 Å². The number of nitrogens with one attached hydrogen (secondary N) is 1. The molecule has 2 rings (SSSR count). The smallest absolute Gasteiger partial charge is 0.137 e. The molecule has 1 aromatic carbocycles. The minimum atomic E-state index is 0.101. The van der Waals surface area contributed by atoms with Crippen LogP contribution in [0.1, 0.15) is 35.3 Å². The van der Waals surface area contributed by atoms with Crippen molar-refractivity contribution in [3.8, 4) is 0 Å². The molecule has 110 valence electrons. The number of aromatic nitrogens is 1. The van der Waals surface area contributed by atoms with Gasteiger partial charge in [0, 0.05) is 10.2 Å². The van der Waals surface area contributed by atoms with Crippen LogP contribution in [0.5, 0.6) is 0 Å². The molecule has 0 saturated heterocycles. The summed E-state index contributed by atoms with van der Waals surface area (Å²) >= 11 is 8.65. The van der Waals surface area contributed by atoms with Crippen LogP contribution in [-0.2, 0) is 0 Å². The van der Waals surface area contributed by atoms with Gasteiger partial charge in [-0.2, -0.15) is 0 Å². The summed E-state index contributed by atoms with van der Waals surface area (Å²) in [6, 6.07) is 10.3. The molecule has 5 heteroatoms. The van der Waals surface area contributed by atoms with E-state index in [1.54, 1.807) is 0 Å². The minimum Gasteiger partial charge on any atom is -0.389 e. The summed E-state index contributed by atoms with van der Waals surface area (Å²) in [6.07, 6.45) is 0. The van der Waals surface area contributed by atoms with Gasteiger partial charge in [0.1, 0.15) is 10.8 Å². The molecule has 1 heterocycles. The molecule has 3 nitrogen and oxygen atoms in total. The van der Waals surface area contributed by atoms with Gasteiger partial charge in [0.25, 0.3) is 0 Å². The van der Waals surface area contributed by atoms with Crippen LogP contribution in [0.4, 0.5) is 5.82 Å². The number of hydrogen-bond acceptors (Lipinski definition) is 3. The highest BCUT2D eigenvalue weighted by Gasteiger charge is 2.14. The Morgan fingerprint density at radius 2 is 2.05 bits per heavy atom. The van der Waals surface area contributed by atoms with Gasteiger partial charge >= 0.3 is 0 Å². The molecule has 0 amide bonds. The molecule has 0 saturated carbocycles. The summed E-state index contributed by atoms with van der Waals surface area (Å²) in [5.74, 6) is 0.743. The monoisotopic (exact) mass is 363 g/mol. The average molecular weight is 364 g/mol. The highest BCUT2D eigenvalue weighted by molar-refractivity contribution is 9.10. The number of anilines is 1. The third kappa shape index (κ3) is 3.80. The van der Waals surface area contributed by atoms with Crippen LogP contribution >= 0.6 is 28.1 Å². The lowest BCUT2D eigenvalue weighted by molar-refractivity contribution is 0.870. The van der Waals surface area contributed by atoms with Crippen molar-refractivity contribution < 1.29 is 0 Å². The van der Waals surface area contributed by atoms with Gasteiger partial charge < -0.3 is 11.1 Å². The molecular formula is C16H18BrN3S. The number of rotatable bonds is 4. The fraction of sp³-hybridized carbons (Fsp3) is 0.250. The number of pyridine rings is 1. The van der Waals surface area contributed by atoms with E-state index < -0.39 is 0 Å². The van der Waals surface area contributed by atoms with Gasteiger partial charge in [-0.15, -0.1) is 0 Å². The van der Waals surface area contributed by atoms with Crippen molar-refractivity contribution in [2.45, 2.75) is 26.8 Å². The number of aryl methyl sites for hydroxylation is 2. The predicted octanol–water partition coefficient (Wildman–Crippen LogP) is 4.27. The van der Waals surface area contributed by atoms with E-state index in [1.165, 1.54) is 5.56 Å². The first-order valence-corrected chi connectivity index (χ1v) is 7.88. The molecule has 0 fully saturated rings. The normalized spacial score (nSPS) is 12.0. The molecule has 0 aliphatic carbocycles. The minimum absolute atomic E-state index is 0.101. The lowest BCUT2D eigenvalue weighted by Gasteiger charge is -2.19. The number of halogens is 1. The van der Waals surface area contributed by atoms with Crippen LogP contribution in [-0.4, -0.2) is 9.97 Å². The maximum Gasteiger partial charge on any atom is 0.137 e. The van der Waals surface area contributed by atoms with Gasteiger partial charge in [-0.05, 0) is 50.1 Å². The topological polar surface area (TPSA) is 50.9 Å². The lowest BCUT2D eigenvalue weighted by Crippen LogP contribution is -2.18. The average Bonchev–Trinajstić information content (AvgIpc) is 2.37. The third-order valence-electron chi connectivity index (χ3n) is 3.29. The molecule has 1 atom stereocenters. The largest absolute Gasteiger partial charge is 0.389 e. The van der Waals surface area contributed by atoms with Gasteiger partial charge in [-0.25, -0.2) is 4.98 Å². The molecule has 0 radical (unpaired) electrons.